The third kappa shape index (κ3) is 6.57. The molecular formula is C22H27ClN2O3. The van der Waals surface area contributed by atoms with Crippen molar-refractivity contribution in [1.82, 2.24) is 10.2 Å². The number of benzene rings is 2. The molecule has 0 fully saturated rings. The van der Waals surface area contributed by atoms with Crippen molar-refractivity contribution in [3.8, 4) is 5.75 Å². The van der Waals surface area contributed by atoms with E-state index in [1.807, 2.05) is 49.4 Å². The van der Waals surface area contributed by atoms with E-state index < -0.39 is 6.04 Å². The first-order chi connectivity index (χ1) is 13.5. The highest BCUT2D eigenvalue weighted by Gasteiger charge is 2.27. The molecule has 0 spiro atoms. The summed E-state index contributed by atoms with van der Waals surface area (Å²) in [5.74, 6) is 0.553. The van der Waals surface area contributed by atoms with E-state index in [-0.39, 0.29) is 11.8 Å². The van der Waals surface area contributed by atoms with E-state index in [1.165, 1.54) is 0 Å². The van der Waals surface area contributed by atoms with Crippen molar-refractivity contribution in [2.75, 3.05) is 13.7 Å². The molecule has 0 aliphatic heterocycles. The topological polar surface area (TPSA) is 58.6 Å². The fourth-order valence-electron chi connectivity index (χ4n) is 2.95. The molecule has 1 N–H and O–H groups in total. The zero-order valence-electron chi connectivity index (χ0n) is 16.4. The van der Waals surface area contributed by atoms with Gasteiger partial charge in [-0.25, -0.2) is 0 Å². The monoisotopic (exact) mass is 402 g/mol. The van der Waals surface area contributed by atoms with E-state index in [0.29, 0.717) is 37.4 Å². The molecule has 0 aliphatic carbocycles. The van der Waals surface area contributed by atoms with E-state index in [0.717, 1.165) is 11.3 Å². The van der Waals surface area contributed by atoms with Gasteiger partial charge in [0.2, 0.25) is 11.8 Å². The molecule has 0 saturated heterocycles. The number of carbonyl (C=O) groups is 2. The molecule has 6 heteroatoms. The van der Waals surface area contributed by atoms with Gasteiger partial charge in [-0.2, -0.15) is 0 Å². The Morgan fingerprint density at radius 1 is 1.11 bits per heavy atom. The highest BCUT2D eigenvalue weighted by Crippen LogP contribution is 2.17. The molecule has 0 radical (unpaired) electrons. The number of ether oxygens (including phenoxy) is 1. The van der Waals surface area contributed by atoms with E-state index in [1.54, 1.807) is 24.1 Å². The van der Waals surface area contributed by atoms with Crippen LogP contribution in [0.3, 0.4) is 0 Å². The van der Waals surface area contributed by atoms with Gasteiger partial charge in [0.25, 0.3) is 0 Å². The molecule has 1 atom stereocenters. The minimum absolute atomic E-state index is 0.0675. The maximum Gasteiger partial charge on any atom is 0.242 e. The first-order valence-corrected chi connectivity index (χ1v) is 9.86. The number of hydrogen-bond donors (Lipinski definition) is 1. The molecule has 2 aromatic carbocycles. The van der Waals surface area contributed by atoms with Gasteiger partial charge in [0.05, 0.1) is 6.61 Å². The zero-order chi connectivity index (χ0) is 20.4. The number of likely N-dealkylation sites (N-methyl/N-ethyl adjacent to an activating group) is 1. The lowest BCUT2D eigenvalue weighted by Crippen LogP contribution is -2.48. The maximum absolute atomic E-state index is 12.9. The third-order valence-electron chi connectivity index (χ3n) is 4.45. The second kappa shape index (κ2) is 11.3. The minimum atomic E-state index is -0.511. The van der Waals surface area contributed by atoms with Gasteiger partial charge in [-0.3, -0.25) is 9.59 Å². The summed E-state index contributed by atoms with van der Waals surface area (Å²) in [7, 11) is 1.59. The van der Waals surface area contributed by atoms with Crippen LogP contribution >= 0.6 is 11.6 Å². The van der Waals surface area contributed by atoms with Gasteiger partial charge >= 0.3 is 0 Å². The molecule has 0 aromatic heterocycles. The lowest BCUT2D eigenvalue weighted by molar-refractivity contribution is -0.141. The van der Waals surface area contributed by atoms with Crippen LogP contribution < -0.4 is 10.1 Å². The fraction of sp³-hybridized carbons (Fsp3) is 0.364. The van der Waals surface area contributed by atoms with Crippen molar-refractivity contribution in [1.29, 1.82) is 0 Å². The van der Waals surface area contributed by atoms with E-state index in [4.69, 9.17) is 16.3 Å². The standard InChI is InChI=1S/C22H27ClN2O3/c1-3-20(22(27)24-2)25(16-17-11-13-18(23)14-12-17)21(26)10-7-15-28-19-8-5-4-6-9-19/h4-6,8-9,11-14,20H,3,7,10,15-16H2,1-2H3,(H,24,27)/t20-/m0/s1. The van der Waals surface area contributed by atoms with E-state index >= 15 is 0 Å². The second-order valence-electron chi connectivity index (χ2n) is 6.45. The van der Waals surface area contributed by atoms with E-state index in [2.05, 4.69) is 5.32 Å². The zero-order valence-corrected chi connectivity index (χ0v) is 17.1. The maximum atomic E-state index is 12.9. The van der Waals surface area contributed by atoms with Crippen molar-refractivity contribution < 1.29 is 14.3 Å². The number of para-hydroxylation sites is 1. The van der Waals surface area contributed by atoms with Gasteiger partial charge in [0.15, 0.2) is 0 Å². The number of amides is 2. The molecular weight excluding hydrogens is 376 g/mol. The van der Waals surface area contributed by atoms with Crippen molar-refractivity contribution in [3.05, 3.63) is 65.2 Å². The molecule has 0 bridgehead atoms. The van der Waals surface area contributed by atoms with Crippen LogP contribution in [0.15, 0.2) is 54.6 Å². The lowest BCUT2D eigenvalue weighted by Gasteiger charge is -2.30. The van der Waals surface area contributed by atoms with Gasteiger partial charge in [-0.1, -0.05) is 48.9 Å². The van der Waals surface area contributed by atoms with Crippen LogP contribution in [0.25, 0.3) is 0 Å². The summed E-state index contributed by atoms with van der Waals surface area (Å²) in [5, 5.41) is 3.29. The van der Waals surface area contributed by atoms with Gasteiger partial charge in [-0.05, 0) is 42.7 Å². The summed E-state index contributed by atoms with van der Waals surface area (Å²) in [6.07, 6.45) is 1.43. The Morgan fingerprint density at radius 3 is 2.39 bits per heavy atom. The second-order valence-corrected chi connectivity index (χ2v) is 6.89. The normalized spacial score (nSPS) is 11.5. The molecule has 150 valence electrons. The average molecular weight is 403 g/mol. The number of carbonyl (C=O) groups excluding carboxylic acids is 2. The predicted octanol–water partition coefficient (Wildman–Crippen LogP) is 4.05. The van der Waals surface area contributed by atoms with Crippen LogP contribution in [0.1, 0.15) is 31.7 Å². The summed E-state index contributed by atoms with van der Waals surface area (Å²) < 4.78 is 5.66. The van der Waals surface area contributed by atoms with Gasteiger partial charge < -0.3 is 15.0 Å². The summed E-state index contributed by atoms with van der Waals surface area (Å²) in [6, 6.07) is 16.3. The summed E-state index contributed by atoms with van der Waals surface area (Å²) in [4.78, 5) is 26.9. The van der Waals surface area contributed by atoms with Gasteiger partial charge in [0.1, 0.15) is 11.8 Å². The fourth-order valence-corrected chi connectivity index (χ4v) is 3.07. The molecule has 2 rings (SSSR count). The third-order valence-corrected chi connectivity index (χ3v) is 4.70. The number of hydrogen-bond acceptors (Lipinski definition) is 3. The Kier molecular flexibility index (Phi) is 8.82. The summed E-state index contributed by atoms with van der Waals surface area (Å²) >= 11 is 5.95. The molecule has 0 unspecified atom stereocenters. The smallest absolute Gasteiger partial charge is 0.242 e. The first kappa shape index (κ1) is 21.8. The molecule has 2 aromatic rings. The van der Waals surface area contributed by atoms with Crippen LogP contribution in [-0.4, -0.2) is 36.4 Å². The van der Waals surface area contributed by atoms with Crippen molar-refractivity contribution in [3.63, 3.8) is 0 Å². The molecule has 5 nitrogen and oxygen atoms in total. The van der Waals surface area contributed by atoms with Crippen LogP contribution in [0.5, 0.6) is 5.75 Å². The van der Waals surface area contributed by atoms with Gasteiger partial charge in [-0.15, -0.1) is 0 Å². The Labute approximate surface area is 171 Å². The SMILES string of the molecule is CC[C@@H](C(=O)NC)N(Cc1ccc(Cl)cc1)C(=O)CCCOc1ccccc1. The lowest BCUT2D eigenvalue weighted by atomic mass is 10.1. The quantitative estimate of drug-likeness (QED) is 0.610. The molecule has 0 aliphatic rings. The number of halogens is 1. The Balaban J connectivity index is 2.00. The Hall–Kier alpha value is -2.53. The van der Waals surface area contributed by atoms with E-state index in [9.17, 15) is 9.59 Å². The van der Waals surface area contributed by atoms with Crippen LogP contribution in [0.4, 0.5) is 0 Å². The minimum Gasteiger partial charge on any atom is -0.494 e. The molecule has 2 amide bonds. The predicted molar refractivity (Wildman–Crippen MR) is 111 cm³/mol. The summed E-state index contributed by atoms with van der Waals surface area (Å²) in [5.41, 5.74) is 0.931. The Bertz CT molecular complexity index is 750. The van der Waals surface area contributed by atoms with Crippen LogP contribution in [0, 0.1) is 0 Å². The number of nitrogens with zero attached hydrogens (tertiary/aromatic N) is 1. The largest absolute Gasteiger partial charge is 0.494 e. The van der Waals surface area contributed by atoms with Crippen LogP contribution in [0.2, 0.25) is 5.02 Å². The number of nitrogens with one attached hydrogen (secondary N) is 1. The number of rotatable bonds is 10. The average Bonchev–Trinajstić information content (AvgIpc) is 2.72. The first-order valence-electron chi connectivity index (χ1n) is 9.48. The summed E-state index contributed by atoms with van der Waals surface area (Å²) in [6.45, 7) is 2.71. The van der Waals surface area contributed by atoms with Crippen molar-refractivity contribution in [2.45, 2.75) is 38.8 Å². The highest BCUT2D eigenvalue weighted by atomic mass is 35.5. The molecule has 28 heavy (non-hydrogen) atoms. The molecule has 0 saturated carbocycles. The Morgan fingerprint density at radius 2 is 1.79 bits per heavy atom. The molecule has 0 heterocycles. The van der Waals surface area contributed by atoms with Crippen molar-refractivity contribution in [2.24, 2.45) is 0 Å². The van der Waals surface area contributed by atoms with Gasteiger partial charge in [0, 0.05) is 25.0 Å². The van der Waals surface area contributed by atoms with Crippen molar-refractivity contribution >= 4 is 23.4 Å². The van der Waals surface area contributed by atoms with Crippen LogP contribution in [-0.2, 0) is 16.1 Å². The highest BCUT2D eigenvalue weighted by molar-refractivity contribution is 6.30.